The van der Waals surface area contributed by atoms with Crippen molar-refractivity contribution in [1.29, 1.82) is 0 Å². The summed E-state index contributed by atoms with van der Waals surface area (Å²) in [6, 6.07) is 0. The van der Waals surface area contributed by atoms with Gasteiger partial charge in [-0.25, -0.2) is 4.79 Å². The summed E-state index contributed by atoms with van der Waals surface area (Å²) in [4.78, 5) is 32.5. The predicted octanol–water partition coefficient (Wildman–Crippen LogP) is -12.7. The maximum Gasteiger partial charge on any atom is 2.00 e. The third-order valence-electron chi connectivity index (χ3n) is 4.71. The molecule has 21 heteroatoms. The molecule has 0 bridgehead atoms. The molecule has 0 aromatic rings. The molecule has 0 aliphatic carbocycles. The van der Waals surface area contributed by atoms with Crippen LogP contribution in [0.3, 0.4) is 0 Å². The van der Waals surface area contributed by atoms with Crippen molar-refractivity contribution in [3.05, 3.63) is 0 Å². The largest absolute Gasteiger partial charge is 2.00 e. The summed E-state index contributed by atoms with van der Waals surface area (Å²) in [7, 11) is 0. The van der Waals surface area contributed by atoms with E-state index in [2.05, 4.69) is 4.74 Å². The van der Waals surface area contributed by atoms with Crippen molar-refractivity contribution >= 4 is 17.9 Å². The van der Waals surface area contributed by atoms with Crippen LogP contribution in [0, 0.1) is 0 Å². The van der Waals surface area contributed by atoms with Crippen molar-refractivity contribution in [3.8, 4) is 0 Å². The monoisotopic (exact) mass is 632 g/mol. The number of carboxylic acid groups (broad SMARTS) is 2. The van der Waals surface area contributed by atoms with E-state index in [4.69, 9.17) is 46.0 Å². The Kier molecular flexibility index (Phi) is 21.9. The Hall–Kier alpha value is -1.53. The van der Waals surface area contributed by atoms with E-state index < -0.39 is 111 Å². The Morgan fingerprint density at radius 1 is 0.513 bits per heavy atom. The van der Waals surface area contributed by atoms with Crippen molar-refractivity contribution in [2.45, 2.75) is 73.2 Å². The van der Waals surface area contributed by atoms with E-state index in [1.54, 1.807) is 0 Å². The van der Waals surface area contributed by atoms with Gasteiger partial charge in [0.05, 0.1) is 31.8 Å². The summed E-state index contributed by atoms with van der Waals surface area (Å²) in [5.74, 6) is -6.12. The smallest absolute Gasteiger partial charge is 0.547 e. The third kappa shape index (κ3) is 13.6. The zero-order valence-electron chi connectivity index (χ0n) is 20.0. The standard InChI is InChI=1S/C12H22O13.C6H12O7.Zn/c13-1-3(15)5(17)7(19)9(21)12(24)25-10(11(22)23)8(20)6(18)4(16)2-14;7-1-2(8)3(9)4(10)5(11)6(12)13;/h3-10,13-21H,1-2H2,(H,22,23);2-5,7-11H,1H2,(H,12,13);/q;;+2/p-2/t3-,4-,5-,6-,7+,8+,9-,10-;2-,3-,4+,5-;/m11./s1. The summed E-state index contributed by atoms with van der Waals surface area (Å²) >= 11 is 0. The molecule has 0 unspecified atom stereocenters. The first-order valence-corrected chi connectivity index (χ1v) is 10.3. The van der Waals surface area contributed by atoms with Crippen molar-refractivity contribution < 1.29 is 120 Å². The van der Waals surface area contributed by atoms with Gasteiger partial charge in [-0.05, 0) is 0 Å². The first-order chi connectivity index (χ1) is 17.4. The zero-order valence-corrected chi connectivity index (χ0v) is 22.9. The molecule has 0 aromatic heterocycles. The van der Waals surface area contributed by atoms with E-state index in [0.717, 1.165) is 0 Å². The Bertz CT molecular complexity index is 712. The van der Waals surface area contributed by atoms with Crippen molar-refractivity contribution in [3.63, 3.8) is 0 Å². The number of rotatable bonds is 16. The fraction of sp³-hybridized carbons (Fsp3) is 0.833. The first-order valence-electron chi connectivity index (χ1n) is 10.3. The molecule has 0 saturated heterocycles. The molecule has 226 valence electrons. The van der Waals surface area contributed by atoms with E-state index in [1.807, 2.05) is 0 Å². The minimum atomic E-state index is -2.62. The Morgan fingerprint density at radius 2 is 0.821 bits per heavy atom. The number of aliphatic hydroxyl groups excluding tert-OH is 14. The minimum absolute atomic E-state index is 0. The van der Waals surface area contributed by atoms with Crippen molar-refractivity contribution in [1.82, 2.24) is 0 Å². The molecule has 0 fully saturated rings. The van der Waals surface area contributed by atoms with Gasteiger partial charge in [-0.1, -0.05) is 0 Å². The van der Waals surface area contributed by atoms with Gasteiger partial charge in [0.15, 0.2) is 12.2 Å². The number of ether oxygens (including phenoxy) is 1. The molecule has 0 radical (unpaired) electrons. The van der Waals surface area contributed by atoms with Crippen LogP contribution in [0.4, 0.5) is 0 Å². The van der Waals surface area contributed by atoms with E-state index in [-0.39, 0.29) is 19.5 Å². The molecular formula is C18H32O20Zn. The van der Waals surface area contributed by atoms with Crippen LogP contribution in [-0.4, -0.2) is 182 Å². The predicted molar refractivity (Wildman–Crippen MR) is 107 cm³/mol. The van der Waals surface area contributed by atoms with Crippen LogP contribution < -0.4 is 10.2 Å². The molecule has 0 aliphatic heterocycles. The molecule has 12 atom stereocenters. The van der Waals surface area contributed by atoms with Crippen LogP contribution in [0.25, 0.3) is 0 Å². The van der Waals surface area contributed by atoms with Crippen LogP contribution in [-0.2, 0) is 38.6 Å². The number of aliphatic hydroxyl groups is 14. The Labute approximate surface area is 231 Å². The molecule has 20 nitrogen and oxygen atoms in total. The van der Waals surface area contributed by atoms with E-state index in [9.17, 15) is 50.1 Å². The summed E-state index contributed by atoms with van der Waals surface area (Å²) in [6.45, 7) is -2.97. The van der Waals surface area contributed by atoms with Gasteiger partial charge < -0.3 is 96.0 Å². The molecule has 0 rings (SSSR count). The molecule has 39 heavy (non-hydrogen) atoms. The topological polar surface area (TPSA) is 390 Å². The van der Waals surface area contributed by atoms with E-state index in [0.29, 0.717) is 0 Å². The van der Waals surface area contributed by atoms with Gasteiger partial charge in [0.1, 0.15) is 61.0 Å². The normalized spacial score (nSPS) is 20.5. The minimum Gasteiger partial charge on any atom is -0.547 e. The van der Waals surface area contributed by atoms with Gasteiger partial charge in [-0.2, -0.15) is 0 Å². The molecule has 0 aliphatic rings. The van der Waals surface area contributed by atoms with Gasteiger partial charge in [0, 0.05) is 0 Å². The number of aliphatic carboxylic acids is 2. The number of carbonyl (C=O) groups is 3. The maximum absolute atomic E-state index is 11.6. The summed E-state index contributed by atoms with van der Waals surface area (Å²) in [5.41, 5.74) is 0. The Balaban J connectivity index is -0.000000783. The second-order valence-electron chi connectivity index (χ2n) is 7.58. The fourth-order valence-electron chi connectivity index (χ4n) is 2.29. The average Bonchev–Trinajstić information content (AvgIpc) is 2.90. The fourth-order valence-corrected chi connectivity index (χ4v) is 2.29. The number of esters is 1. The molecule has 0 aromatic carbocycles. The number of carboxylic acids is 2. The van der Waals surface area contributed by atoms with Crippen LogP contribution in [0.5, 0.6) is 0 Å². The summed E-state index contributed by atoms with van der Waals surface area (Å²) < 4.78 is 4.17. The van der Waals surface area contributed by atoms with Gasteiger partial charge >= 0.3 is 25.4 Å². The maximum atomic E-state index is 11.6. The second-order valence-corrected chi connectivity index (χ2v) is 7.58. The molecule has 0 heterocycles. The van der Waals surface area contributed by atoms with Crippen LogP contribution in [0.1, 0.15) is 0 Å². The molecule has 14 N–H and O–H groups in total. The van der Waals surface area contributed by atoms with Gasteiger partial charge in [-0.15, -0.1) is 0 Å². The summed E-state index contributed by atoms with van der Waals surface area (Å²) in [6.07, 6.45) is -26.6. The first kappa shape index (κ1) is 41.9. The second kappa shape index (κ2) is 20.4. The number of hydrogen-bond acceptors (Lipinski definition) is 20. The molecule has 0 spiro atoms. The SMILES string of the molecule is O=C(O[C@@H](C(=O)[O-])[C@@H](O)[C@H](O)[C@H](O)CO)[C@H](O)[C@@H](O)[C@H](O)[C@H](O)CO.O=C([O-])[C@H](O)[C@@H](O)[C@H](O)[C@H](O)CO.[Zn+2]. The number of hydrogen-bond donors (Lipinski definition) is 14. The molecular weight excluding hydrogens is 602 g/mol. The molecule has 0 amide bonds. The Morgan fingerprint density at radius 3 is 1.10 bits per heavy atom. The van der Waals surface area contributed by atoms with Crippen LogP contribution in [0.2, 0.25) is 0 Å². The molecule has 0 saturated carbocycles. The van der Waals surface area contributed by atoms with Gasteiger partial charge in [-0.3, -0.25) is 0 Å². The quantitative estimate of drug-likeness (QED) is 0.0553. The van der Waals surface area contributed by atoms with Crippen LogP contribution in [0.15, 0.2) is 0 Å². The van der Waals surface area contributed by atoms with E-state index >= 15 is 0 Å². The van der Waals surface area contributed by atoms with Gasteiger partial charge in [0.25, 0.3) is 0 Å². The van der Waals surface area contributed by atoms with Crippen molar-refractivity contribution in [2.75, 3.05) is 19.8 Å². The zero-order chi connectivity index (χ0) is 30.5. The third-order valence-corrected chi connectivity index (χ3v) is 4.71. The van der Waals surface area contributed by atoms with Gasteiger partial charge in [0.2, 0.25) is 0 Å². The van der Waals surface area contributed by atoms with Crippen molar-refractivity contribution in [2.24, 2.45) is 0 Å². The summed E-state index contributed by atoms with van der Waals surface area (Å²) in [5, 5.41) is 147. The number of carbonyl (C=O) groups excluding carboxylic acids is 3. The average molecular weight is 634 g/mol. The van der Waals surface area contributed by atoms with Crippen LogP contribution >= 0.6 is 0 Å². The van der Waals surface area contributed by atoms with E-state index in [1.165, 1.54) is 0 Å².